The van der Waals surface area contributed by atoms with E-state index in [1.807, 2.05) is 43.5 Å². The Morgan fingerprint density at radius 3 is 2.70 bits per heavy atom. The molecule has 0 radical (unpaired) electrons. The molecular weight excluding hydrogens is 374 g/mol. The first-order valence-corrected chi connectivity index (χ1v) is 10.9. The highest BCUT2D eigenvalue weighted by Crippen LogP contribution is 2.19. The van der Waals surface area contributed by atoms with Crippen LogP contribution in [0.3, 0.4) is 0 Å². The Morgan fingerprint density at radius 1 is 1.10 bits per heavy atom. The molecule has 158 valence electrons. The summed E-state index contributed by atoms with van der Waals surface area (Å²) < 4.78 is 1.87. The minimum Gasteiger partial charge on any atom is -0.326 e. The van der Waals surface area contributed by atoms with Gasteiger partial charge in [0.1, 0.15) is 0 Å². The third-order valence-corrected chi connectivity index (χ3v) is 5.95. The highest BCUT2D eigenvalue weighted by atomic mass is 16.1. The monoisotopic (exact) mass is 405 g/mol. The van der Waals surface area contributed by atoms with Gasteiger partial charge in [-0.25, -0.2) is 9.50 Å². The van der Waals surface area contributed by atoms with Crippen LogP contribution in [0.1, 0.15) is 53.9 Å². The van der Waals surface area contributed by atoms with Gasteiger partial charge in [0.2, 0.25) is 5.91 Å². The predicted molar refractivity (Wildman–Crippen MR) is 120 cm³/mol. The van der Waals surface area contributed by atoms with Crippen molar-refractivity contribution in [3.8, 4) is 0 Å². The number of anilines is 1. The second kappa shape index (κ2) is 8.96. The van der Waals surface area contributed by atoms with Crippen LogP contribution in [0.25, 0.3) is 5.65 Å². The highest BCUT2D eigenvalue weighted by molar-refractivity contribution is 5.90. The van der Waals surface area contributed by atoms with E-state index in [1.54, 1.807) is 0 Å². The summed E-state index contributed by atoms with van der Waals surface area (Å²) in [6.07, 6.45) is 4.99. The highest BCUT2D eigenvalue weighted by Gasteiger charge is 2.14. The van der Waals surface area contributed by atoms with Crippen LogP contribution >= 0.6 is 0 Å². The van der Waals surface area contributed by atoms with E-state index in [0.717, 1.165) is 40.5 Å². The summed E-state index contributed by atoms with van der Waals surface area (Å²) in [4.78, 5) is 19.8. The first-order valence-electron chi connectivity index (χ1n) is 10.9. The standard InChI is InChI=1S/C24H31N5O/c1-17-14-23-25-18(2)22(19(3)29(23)27-17)10-11-24(30)26-21-9-7-8-20(15-21)16-28-12-5-4-6-13-28/h7-9,14-15H,4-6,10-13,16H2,1-3H3,(H,26,30). The number of piperidine rings is 1. The second-order valence-electron chi connectivity index (χ2n) is 8.40. The summed E-state index contributed by atoms with van der Waals surface area (Å²) in [6, 6.07) is 10.2. The van der Waals surface area contributed by atoms with E-state index >= 15 is 0 Å². The molecule has 1 aromatic carbocycles. The summed E-state index contributed by atoms with van der Waals surface area (Å²) in [5.74, 6) is 0.0284. The maximum atomic E-state index is 12.6. The Kier molecular flexibility index (Phi) is 6.13. The van der Waals surface area contributed by atoms with Crippen molar-refractivity contribution in [2.45, 2.75) is 59.4 Å². The molecule has 3 aromatic rings. The van der Waals surface area contributed by atoms with E-state index in [2.05, 4.69) is 32.4 Å². The predicted octanol–water partition coefficient (Wildman–Crippen LogP) is 4.21. The van der Waals surface area contributed by atoms with Crippen molar-refractivity contribution in [2.75, 3.05) is 18.4 Å². The topological polar surface area (TPSA) is 62.5 Å². The fourth-order valence-electron chi connectivity index (χ4n) is 4.39. The smallest absolute Gasteiger partial charge is 0.224 e. The van der Waals surface area contributed by atoms with Crippen molar-refractivity contribution >= 4 is 17.2 Å². The molecule has 4 rings (SSSR count). The molecule has 0 unspecified atom stereocenters. The number of fused-ring (bicyclic) bond motifs is 1. The maximum Gasteiger partial charge on any atom is 0.224 e. The van der Waals surface area contributed by atoms with Gasteiger partial charge in [-0.2, -0.15) is 5.10 Å². The first kappa shape index (κ1) is 20.5. The van der Waals surface area contributed by atoms with Crippen molar-refractivity contribution in [2.24, 2.45) is 0 Å². The minimum atomic E-state index is 0.0284. The zero-order chi connectivity index (χ0) is 21.1. The fourth-order valence-corrected chi connectivity index (χ4v) is 4.39. The van der Waals surface area contributed by atoms with Gasteiger partial charge in [0.25, 0.3) is 0 Å². The van der Waals surface area contributed by atoms with Crippen LogP contribution in [0.4, 0.5) is 5.69 Å². The van der Waals surface area contributed by atoms with Gasteiger partial charge in [0, 0.05) is 36.1 Å². The van der Waals surface area contributed by atoms with Crippen LogP contribution in [0.15, 0.2) is 30.3 Å². The molecule has 1 aliphatic rings. The third-order valence-electron chi connectivity index (χ3n) is 5.95. The molecule has 1 aliphatic heterocycles. The molecule has 0 aliphatic carbocycles. The Bertz CT molecular complexity index is 1050. The number of benzene rings is 1. The zero-order valence-corrected chi connectivity index (χ0v) is 18.2. The van der Waals surface area contributed by atoms with Gasteiger partial charge in [-0.15, -0.1) is 0 Å². The summed E-state index contributed by atoms with van der Waals surface area (Å²) in [7, 11) is 0. The van der Waals surface area contributed by atoms with Gasteiger partial charge < -0.3 is 5.32 Å². The average Bonchev–Trinajstić information content (AvgIpc) is 3.09. The number of likely N-dealkylation sites (tertiary alicyclic amines) is 1. The lowest BCUT2D eigenvalue weighted by Crippen LogP contribution is -2.29. The summed E-state index contributed by atoms with van der Waals surface area (Å²) in [6.45, 7) is 9.32. The van der Waals surface area contributed by atoms with E-state index in [1.165, 1.54) is 37.9 Å². The normalized spacial score (nSPS) is 14.9. The van der Waals surface area contributed by atoms with Gasteiger partial charge >= 0.3 is 0 Å². The van der Waals surface area contributed by atoms with Crippen LogP contribution < -0.4 is 5.32 Å². The second-order valence-corrected chi connectivity index (χ2v) is 8.40. The molecule has 6 nitrogen and oxygen atoms in total. The molecule has 1 N–H and O–H groups in total. The number of hydrogen-bond acceptors (Lipinski definition) is 4. The fraction of sp³-hybridized carbons (Fsp3) is 0.458. The van der Waals surface area contributed by atoms with Gasteiger partial charge in [-0.05, 0) is 76.4 Å². The molecule has 6 heteroatoms. The van der Waals surface area contributed by atoms with Crippen molar-refractivity contribution in [1.82, 2.24) is 19.5 Å². The lowest BCUT2D eigenvalue weighted by atomic mass is 10.1. The largest absolute Gasteiger partial charge is 0.326 e. The third kappa shape index (κ3) is 4.70. The first-order chi connectivity index (χ1) is 14.5. The molecule has 2 aromatic heterocycles. The Labute approximate surface area is 178 Å². The van der Waals surface area contributed by atoms with Gasteiger partial charge in [-0.1, -0.05) is 18.6 Å². The number of aromatic nitrogens is 3. The van der Waals surface area contributed by atoms with E-state index in [4.69, 9.17) is 0 Å². The number of nitrogens with one attached hydrogen (secondary N) is 1. The Morgan fingerprint density at radius 2 is 1.90 bits per heavy atom. The van der Waals surface area contributed by atoms with E-state index in [0.29, 0.717) is 12.8 Å². The van der Waals surface area contributed by atoms with Crippen LogP contribution in [0.2, 0.25) is 0 Å². The van der Waals surface area contributed by atoms with Crippen LogP contribution in [0.5, 0.6) is 0 Å². The number of nitrogens with zero attached hydrogens (tertiary/aromatic N) is 4. The zero-order valence-electron chi connectivity index (χ0n) is 18.2. The van der Waals surface area contributed by atoms with Crippen molar-refractivity contribution in [3.63, 3.8) is 0 Å². The van der Waals surface area contributed by atoms with Crippen LogP contribution in [-0.4, -0.2) is 38.5 Å². The molecule has 0 bridgehead atoms. The number of amides is 1. The number of carbonyl (C=O) groups excluding carboxylic acids is 1. The molecule has 3 heterocycles. The number of aryl methyl sites for hydroxylation is 3. The molecule has 1 amide bonds. The molecule has 0 atom stereocenters. The quantitative estimate of drug-likeness (QED) is 0.667. The molecular formula is C24H31N5O. The molecule has 0 saturated carbocycles. The number of rotatable bonds is 6. The molecule has 30 heavy (non-hydrogen) atoms. The van der Waals surface area contributed by atoms with Crippen molar-refractivity contribution in [1.29, 1.82) is 0 Å². The van der Waals surface area contributed by atoms with E-state index < -0.39 is 0 Å². The molecule has 1 saturated heterocycles. The van der Waals surface area contributed by atoms with E-state index in [-0.39, 0.29) is 5.91 Å². The lowest BCUT2D eigenvalue weighted by Gasteiger charge is -2.26. The number of carbonyl (C=O) groups is 1. The summed E-state index contributed by atoms with van der Waals surface area (Å²) >= 11 is 0. The number of hydrogen-bond donors (Lipinski definition) is 1. The van der Waals surface area contributed by atoms with Crippen LogP contribution in [0, 0.1) is 20.8 Å². The average molecular weight is 406 g/mol. The van der Waals surface area contributed by atoms with Crippen LogP contribution in [-0.2, 0) is 17.8 Å². The Balaban J connectivity index is 1.38. The van der Waals surface area contributed by atoms with Gasteiger partial charge in [0.15, 0.2) is 5.65 Å². The van der Waals surface area contributed by atoms with Crippen molar-refractivity contribution < 1.29 is 4.79 Å². The summed E-state index contributed by atoms with van der Waals surface area (Å²) in [5.41, 5.74) is 7.06. The Hall–Kier alpha value is -2.73. The van der Waals surface area contributed by atoms with E-state index in [9.17, 15) is 4.79 Å². The van der Waals surface area contributed by atoms with Gasteiger partial charge in [0.05, 0.1) is 5.69 Å². The minimum absolute atomic E-state index is 0.0284. The van der Waals surface area contributed by atoms with Crippen molar-refractivity contribution in [3.05, 3.63) is 58.5 Å². The molecule has 1 fully saturated rings. The van der Waals surface area contributed by atoms with Gasteiger partial charge in [-0.3, -0.25) is 9.69 Å². The SMILES string of the molecule is Cc1cc2nc(C)c(CCC(=O)Nc3cccc(CN4CCCCC4)c3)c(C)n2n1. The maximum absolute atomic E-state index is 12.6. The summed E-state index contributed by atoms with van der Waals surface area (Å²) in [5, 5.41) is 7.59. The molecule has 0 spiro atoms. The lowest BCUT2D eigenvalue weighted by molar-refractivity contribution is -0.116.